The summed E-state index contributed by atoms with van der Waals surface area (Å²) in [6, 6.07) is 9.33. The van der Waals surface area contributed by atoms with Gasteiger partial charge in [-0.1, -0.05) is 12.1 Å². The Kier molecular flexibility index (Phi) is 7.28. The van der Waals surface area contributed by atoms with Crippen molar-refractivity contribution in [1.29, 1.82) is 0 Å². The maximum absolute atomic E-state index is 10.6. The molecule has 2 heterocycles. The number of rotatable bonds is 4. The van der Waals surface area contributed by atoms with Gasteiger partial charge in [-0.25, -0.2) is 4.79 Å². The summed E-state index contributed by atoms with van der Waals surface area (Å²) in [6.07, 6.45) is -1.13. The van der Waals surface area contributed by atoms with Gasteiger partial charge in [-0.05, 0) is 43.5 Å². The van der Waals surface area contributed by atoms with Crippen LogP contribution in [0.1, 0.15) is 18.4 Å². The molecule has 1 unspecified atom stereocenters. The number of fused-ring (bicyclic) bond motifs is 1. The van der Waals surface area contributed by atoms with Gasteiger partial charge in [-0.3, -0.25) is 4.90 Å². The van der Waals surface area contributed by atoms with Crippen molar-refractivity contribution in [2.45, 2.75) is 31.5 Å². The number of methoxy groups -OCH3 is 1. The van der Waals surface area contributed by atoms with Gasteiger partial charge in [0, 0.05) is 32.2 Å². The van der Waals surface area contributed by atoms with Crippen LogP contribution >= 0.6 is 0 Å². The van der Waals surface area contributed by atoms with E-state index in [0.717, 1.165) is 18.2 Å². The highest BCUT2D eigenvalue weighted by Crippen LogP contribution is 2.21. The quantitative estimate of drug-likeness (QED) is 0.878. The highest BCUT2D eigenvalue weighted by atomic mass is 19.4. The molecule has 0 aromatic heterocycles. The summed E-state index contributed by atoms with van der Waals surface area (Å²) in [4.78, 5) is 14.2. The minimum Gasteiger partial charge on any atom is -0.497 e. The van der Waals surface area contributed by atoms with Crippen LogP contribution in [-0.2, 0) is 11.2 Å². The normalized spacial score (nSPS) is 20.8. The Hall–Kier alpha value is -1.80. The van der Waals surface area contributed by atoms with Crippen LogP contribution in [0.5, 0.6) is 5.75 Å². The summed E-state index contributed by atoms with van der Waals surface area (Å²) in [5, 5.41) is 7.12. The molecule has 146 valence electrons. The van der Waals surface area contributed by atoms with Crippen molar-refractivity contribution in [3.63, 3.8) is 0 Å². The van der Waals surface area contributed by atoms with E-state index >= 15 is 0 Å². The first-order valence-electron chi connectivity index (χ1n) is 8.69. The van der Waals surface area contributed by atoms with E-state index in [1.54, 1.807) is 7.11 Å². The number of nitrogens with zero attached hydrogens (tertiary/aromatic N) is 2. The van der Waals surface area contributed by atoms with Crippen molar-refractivity contribution < 1.29 is 27.8 Å². The van der Waals surface area contributed by atoms with Crippen molar-refractivity contribution in [3.8, 4) is 5.75 Å². The fourth-order valence-corrected chi connectivity index (χ4v) is 3.34. The molecule has 0 saturated carbocycles. The van der Waals surface area contributed by atoms with E-state index in [2.05, 4.69) is 34.1 Å². The molecule has 2 aliphatic heterocycles. The second-order valence-electron chi connectivity index (χ2n) is 6.53. The fraction of sp³-hybridized carbons (Fsp3) is 0.611. The third kappa shape index (κ3) is 6.17. The molecule has 26 heavy (non-hydrogen) atoms. The second-order valence-corrected chi connectivity index (χ2v) is 6.53. The Morgan fingerprint density at radius 1 is 1.23 bits per heavy atom. The SMILES string of the molecule is COc1ccc(CCN2CCN3CCCC3C2)cc1.O=C(O)C(F)(F)F. The number of carboxylic acid groups (broad SMARTS) is 1. The number of ether oxygens (including phenoxy) is 1. The van der Waals surface area contributed by atoms with Crippen molar-refractivity contribution in [3.05, 3.63) is 29.8 Å². The monoisotopic (exact) mass is 374 g/mol. The molecule has 1 aromatic carbocycles. The average Bonchev–Trinajstić information content (AvgIpc) is 3.08. The van der Waals surface area contributed by atoms with Gasteiger partial charge in [-0.2, -0.15) is 13.2 Å². The van der Waals surface area contributed by atoms with Crippen LogP contribution < -0.4 is 4.74 Å². The molecule has 0 aliphatic carbocycles. The number of halogens is 3. The first-order chi connectivity index (χ1) is 12.3. The standard InChI is InChI=1S/C16H24N2O.C2HF3O2/c1-19-16-6-4-14(5-7-16)8-10-17-11-12-18-9-2-3-15(18)13-17;3-2(4,5)1(6)7/h4-7,15H,2-3,8-13H2,1H3;(H,6,7). The molecule has 1 atom stereocenters. The molecule has 0 amide bonds. The molecular formula is C18H25F3N2O3. The minimum atomic E-state index is -5.08. The van der Waals surface area contributed by atoms with Gasteiger partial charge in [0.1, 0.15) is 5.75 Å². The van der Waals surface area contributed by atoms with Crippen LogP contribution in [0.3, 0.4) is 0 Å². The van der Waals surface area contributed by atoms with Gasteiger partial charge < -0.3 is 14.7 Å². The van der Waals surface area contributed by atoms with Crippen LogP contribution in [-0.4, -0.2) is 72.9 Å². The van der Waals surface area contributed by atoms with E-state index in [-0.39, 0.29) is 0 Å². The minimum absolute atomic E-state index is 0.838. The molecule has 3 rings (SSSR count). The molecule has 8 heteroatoms. The maximum atomic E-state index is 10.6. The van der Waals surface area contributed by atoms with E-state index in [1.807, 2.05) is 0 Å². The number of alkyl halides is 3. The maximum Gasteiger partial charge on any atom is 0.490 e. The van der Waals surface area contributed by atoms with E-state index in [0.29, 0.717) is 0 Å². The first kappa shape index (κ1) is 20.5. The zero-order chi connectivity index (χ0) is 19.2. The molecule has 2 fully saturated rings. The number of aliphatic carboxylic acids is 1. The van der Waals surface area contributed by atoms with Gasteiger partial charge in [0.15, 0.2) is 0 Å². The van der Waals surface area contributed by atoms with Crippen LogP contribution in [0.4, 0.5) is 13.2 Å². The number of piperazine rings is 1. The van der Waals surface area contributed by atoms with Crippen molar-refractivity contribution in [1.82, 2.24) is 9.80 Å². The Morgan fingerprint density at radius 3 is 2.46 bits per heavy atom. The summed E-state index contributed by atoms with van der Waals surface area (Å²) in [6.45, 7) is 6.31. The third-order valence-electron chi connectivity index (χ3n) is 4.79. The number of benzene rings is 1. The van der Waals surface area contributed by atoms with Crippen LogP contribution in [0.25, 0.3) is 0 Å². The summed E-state index contributed by atoms with van der Waals surface area (Å²) >= 11 is 0. The highest BCUT2D eigenvalue weighted by molar-refractivity contribution is 5.73. The Bertz CT molecular complexity index is 578. The molecule has 5 nitrogen and oxygen atoms in total. The van der Waals surface area contributed by atoms with E-state index in [1.165, 1.54) is 51.1 Å². The van der Waals surface area contributed by atoms with E-state index < -0.39 is 12.1 Å². The van der Waals surface area contributed by atoms with Gasteiger partial charge in [0.25, 0.3) is 0 Å². The van der Waals surface area contributed by atoms with Gasteiger partial charge in [0.2, 0.25) is 0 Å². The lowest BCUT2D eigenvalue weighted by Gasteiger charge is -2.37. The Balaban J connectivity index is 0.000000298. The summed E-state index contributed by atoms with van der Waals surface area (Å²) < 4.78 is 36.9. The average molecular weight is 374 g/mol. The molecular weight excluding hydrogens is 349 g/mol. The predicted molar refractivity (Wildman–Crippen MR) is 91.4 cm³/mol. The highest BCUT2D eigenvalue weighted by Gasteiger charge is 2.38. The zero-order valence-electron chi connectivity index (χ0n) is 14.8. The fourth-order valence-electron chi connectivity index (χ4n) is 3.34. The molecule has 0 radical (unpaired) electrons. The Labute approximate surface area is 151 Å². The molecule has 1 N–H and O–H groups in total. The predicted octanol–water partition coefficient (Wildman–Crippen LogP) is 2.65. The van der Waals surface area contributed by atoms with Crippen molar-refractivity contribution in [2.75, 3.05) is 39.8 Å². The lowest BCUT2D eigenvalue weighted by atomic mass is 10.1. The van der Waals surface area contributed by atoms with E-state index in [9.17, 15) is 13.2 Å². The summed E-state index contributed by atoms with van der Waals surface area (Å²) in [5.41, 5.74) is 1.41. The van der Waals surface area contributed by atoms with Gasteiger partial charge >= 0.3 is 12.1 Å². The van der Waals surface area contributed by atoms with Crippen LogP contribution in [0.2, 0.25) is 0 Å². The van der Waals surface area contributed by atoms with Crippen molar-refractivity contribution in [2.24, 2.45) is 0 Å². The molecule has 1 aromatic rings. The lowest BCUT2D eigenvalue weighted by molar-refractivity contribution is -0.192. The molecule has 2 aliphatic rings. The van der Waals surface area contributed by atoms with Crippen LogP contribution in [0, 0.1) is 0 Å². The third-order valence-corrected chi connectivity index (χ3v) is 4.79. The van der Waals surface area contributed by atoms with Crippen LogP contribution in [0.15, 0.2) is 24.3 Å². The number of carboxylic acids is 1. The second kappa shape index (κ2) is 9.23. The largest absolute Gasteiger partial charge is 0.497 e. The van der Waals surface area contributed by atoms with E-state index in [4.69, 9.17) is 14.6 Å². The number of hydrogen-bond donors (Lipinski definition) is 1. The van der Waals surface area contributed by atoms with Gasteiger partial charge in [-0.15, -0.1) is 0 Å². The first-order valence-corrected chi connectivity index (χ1v) is 8.69. The smallest absolute Gasteiger partial charge is 0.490 e. The number of carbonyl (C=O) groups is 1. The summed E-state index contributed by atoms with van der Waals surface area (Å²) in [7, 11) is 1.72. The van der Waals surface area contributed by atoms with Crippen molar-refractivity contribution >= 4 is 5.97 Å². The zero-order valence-corrected chi connectivity index (χ0v) is 14.8. The summed E-state index contributed by atoms with van der Waals surface area (Å²) in [5.74, 6) is -1.81. The molecule has 2 saturated heterocycles. The topological polar surface area (TPSA) is 53.0 Å². The van der Waals surface area contributed by atoms with Gasteiger partial charge in [0.05, 0.1) is 7.11 Å². The molecule has 0 spiro atoms. The lowest BCUT2D eigenvalue weighted by Crippen LogP contribution is -2.50. The molecule has 0 bridgehead atoms. The number of hydrogen-bond acceptors (Lipinski definition) is 4. The Morgan fingerprint density at radius 2 is 1.88 bits per heavy atom.